The second-order valence-electron chi connectivity index (χ2n) is 2.36. The van der Waals surface area contributed by atoms with Crippen LogP contribution >= 0.6 is 0 Å². The number of hydrogen-bond donors (Lipinski definition) is 1. The van der Waals surface area contributed by atoms with E-state index in [2.05, 4.69) is 4.84 Å². The van der Waals surface area contributed by atoms with Crippen LogP contribution < -0.4 is 5.90 Å². The lowest BCUT2D eigenvalue weighted by Gasteiger charge is -2.06. The SMILES string of the molecule is NOC1CCC(F)(F)C1. The minimum atomic E-state index is -2.54. The number of rotatable bonds is 1. The summed E-state index contributed by atoms with van der Waals surface area (Å²) >= 11 is 0. The van der Waals surface area contributed by atoms with Crippen molar-refractivity contribution in [2.75, 3.05) is 0 Å². The van der Waals surface area contributed by atoms with Gasteiger partial charge in [-0.2, -0.15) is 0 Å². The quantitative estimate of drug-likeness (QED) is 0.548. The molecule has 0 saturated heterocycles. The maximum absolute atomic E-state index is 12.2. The van der Waals surface area contributed by atoms with E-state index < -0.39 is 12.0 Å². The van der Waals surface area contributed by atoms with E-state index in [4.69, 9.17) is 5.90 Å². The van der Waals surface area contributed by atoms with E-state index in [-0.39, 0.29) is 12.8 Å². The van der Waals surface area contributed by atoms with Crippen LogP contribution in [0.2, 0.25) is 0 Å². The zero-order valence-electron chi connectivity index (χ0n) is 4.94. The van der Waals surface area contributed by atoms with Crippen LogP contribution in [-0.4, -0.2) is 12.0 Å². The number of halogens is 2. The molecule has 1 saturated carbocycles. The number of alkyl halides is 2. The molecule has 0 aromatic carbocycles. The molecule has 1 rings (SSSR count). The summed E-state index contributed by atoms with van der Waals surface area (Å²) in [6.45, 7) is 0. The minimum absolute atomic E-state index is 0.0884. The Morgan fingerprint density at radius 1 is 1.56 bits per heavy atom. The second-order valence-corrected chi connectivity index (χ2v) is 2.36. The number of hydrogen-bond acceptors (Lipinski definition) is 2. The summed E-state index contributed by atoms with van der Waals surface area (Å²) in [5.41, 5.74) is 0. The lowest BCUT2D eigenvalue weighted by Crippen LogP contribution is -2.17. The van der Waals surface area contributed by atoms with Gasteiger partial charge < -0.3 is 4.84 Å². The van der Waals surface area contributed by atoms with Crippen LogP contribution in [0.1, 0.15) is 19.3 Å². The monoisotopic (exact) mass is 137 g/mol. The molecule has 1 fully saturated rings. The first kappa shape index (κ1) is 6.89. The molecular weight excluding hydrogens is 128 g/mol. The van der Waals surface area contributed by atoms with Crippen molar-refractivity contribution < 1.29 is 13.6 Å². The zero-order valence-corrected chi connectivity index (χ0v) is 4.94. The lowest BCUT2D eigenvalue weighted by atomic mass is 10.3. The highest BCUT2D eigenvalue weighted by atomic mass is 19.3. The van der Waals surface area contributed by atoms with Gasteiger partial charge in [0.05, 0.1) is 6.10 Å². The first-order valence-electron chi connectivity index (χ1n) is 2.87. The number of nitrogens with two attached hydrogens (primary N) is 1. The van der Waals surface area contributed by atoms with Crippen LogP contribution in [0.25, 0.3) is 0 Å². The molecule has 0 aliphatic heterocycles. The molecule has 2 nitrogen and oxygen atoms in total. The molecule has 0 aromatic rings. The maximum atomic E-state index is 12.2. The Labute approximate surface area is 51.9 Å². The van der Waals surface area contributed by atoms with E-state index in [1.165, 1.54) is 0 Å². The third-order valence-electron chi connectivity index (χ3n) is 1.55. The molecule has 1 aliphatic rings. The van der Waals surface area contributed by atoms with Crippen LogP contribution in [0, 0.1) is 0 Å². The van der Waals surface area contributed by atoms with Crippen molar-refractivity contribution in [3.05, 3.63) is 0 Å². The molecule has 2 N–H and O–H groups in total. The first-order chi connectivity index (χ1) is 4.14. The highest BCUT2D eigenvalue weighted by Crippen LogP contribution is 2.35. The standard InChI is InChI=1S/C5H9F2NO/c6-5(7)2-1-4(3-5)9-8/h4H,1-3,8H2. The molecule has 1 unspecified atom stereocenters. The first-order valence-corrected chi connectivity index (χ1v) is 2.87. The van der Waals surface area contributed by atoms with Crippen LogP contribution in [0.15, 0.2) is 0 Å². The van der Waals surface area contributed by atoms with Gasteiger partial charge in [-0.15, -0.1) is 0 Å². The van der Waals surface area contributed by atoms with Gasteiger partial charge in [0, 0.05) is 12.8 Å². The fourth-order valence-electron chi connectivity index (χ4n) is 1.03. The Kier molecular flexibility index (Phi) is 1.68. The third-order valence-corrected chi connectivity index (χ3v) is 1.55. The second kappa shape index (κ2) is 2.19. The van der Waals surface area contributed by atoms with Gasteiger partial charge in [-0.1, -0.05) is 0 Å². The van der Waals surface area contributed by atoms with Gasteiger partial charge >= 0.3 is 0 Å². The predicted octanol–water partition coefficient (Wildman–Crippen LogP) is 1.06. The summed E-state index contributed by atoms with van der Waals surface area (Å²) in [5, 5.41) is 0. The Bertz CT molecular complexity index is 107. The van der Waals surface area contributed by atoms with Crippen LogP contribution in [0.5, 0.6) is 0 Å². The summed E-state index contributed by atoms with van der Waals surface area (Å²) in [6, 6.07) is 0. The molecule has 0 amide bonds. The summed E-state index contributed by atoms with van der Waals surface area (Å²) < 4.78 is 24.5. The molecule has 1 atom stereocenters. The average molecular weight is 137 g/mol. The van der Waals surface area contributed by atoms with E-state index in [0.717, 1.165) is 0 Å². The van der Waals surface area contributed by atoms with Crippen molar-refractivity contribution in [3.63, 3.8) is 0 Å². The predicted molar refractivity (Wildman–Crippen MR) is 27.9 cm³/mol. The van der Waals surface area contributed by atoms with Gasteiger partial charge in [0.25, 0.3) is 5.92 Å². The topological polar surface area (TPSA) is 35.2 Å². The van der Waals surface area contributed by atoms with Crippen molar-refractivity contribution in [1.29, 1.82) is 0 Å². The highest BCUT2D eigenvalue weighted by Gasteiger charge is 2.39. The fraction of sp³-hybridized carbons (Fsp3) is 1.00. The molecule has 0 radical (unpaired) electrons. The van der Waals surface area contributed by atoms with Crippen molar-refractivity contribution in [2.45, 2.75) is 31.3 Å². The Morgan fingerprint density at radius 2 is 2.22 bits per heavy atom. The molecular formula is C5H9F2NO. The smallest absolute Gasteiger partial charge is 0.250 e. The molecule has 0 aromatic heterocycles. The van der Waals surface area contributed by atoms with Crippen LogP contribution in [-0.2, 0) is 4.84 Å². The summed E-state index contributed by atoms with van der Waals surface area (Å²) in [5.74, 6) is 2.18. The Balaban J connectivity index is 2.38. The van der Waals surface area contributed by atoms with Gasteiger partial charge in [-0.3, -0.25) is 0 Å². The Morgan fingerprint density at radius 3 is 2.44 bits per heavy atom. The van der Waals surface area contributed by atoms with E-state index in [1.807, 2.05) is 0 Å². The minimum Gasteiger partial charge on any atom is -0.301 e. The largest absolute Gasteiger partial charge is 0.301 e. The van der Waals surface area contributed by atoms with Crippen molar-refractivity contribution in [3.8, 4) is 0 Å². The summed E-state index contributed by atoms with van der Waals surface area (Å²) in [6.07, 6.45) is -0.359. The van der Waals surface area contributed by atoms with Gasteiger partial charge in [-0.05, 0) is 6.42 Å². The van der Waals surface area contributed by atoms with E-state index >= 15 is 0 Å². The molecule has 54 valence electrons. The van der Waals surface area contributed by atoms with Gasteiger partial charge in [0.15, 0.2) is 0 Å². The third kappa shape index (κ3) is 1.59. The van der Waals surface area contributed by atoms with Gasteiger partial charge in [0.2, 0.25) is 0 Å². The summed E-state index contributed by atoms with van der Waals surface area (Å²) in [7, 11) is 0. The van der Waals surface area contributed by atoms with Crippen LogP contribution in [0.3, 0.4) is 0 Å². The molecule has 0 bridgehead atoms. The fourth-order valence-corrected chi connectivity index (χ4v) is 1.03. The molecule has 1 aliphatic carbocycles. The van der Waals surface area contributed by atoms with E-state index in [0.29, 0.717) is 6.42 Å². The van der Waals surface area contributed by atoms with Crippen molar-refractivity contribution in [1.82, 2.24) is 0 Å². The maximum Gasteiger partial charge on any atom is 0.250 e. The molecule has 4 heteroatoms. The zero-order chi connectivity index (χ0) is 6.91. The van der Waals surface area contributed by atoms with Crippen molar-refractivity contribution in [2.24, 2.45) is 5.90 Å². The van der Waals surface area contributed by atoms with E-state index in [1.54, 1.807) is 0 Å². The highest BCUT2D eigenvalue weighted by molar-refractivity contribution is 4.81. The molecule has 0 heterocycles. The average Bonchev–Trinajstić information content (AvgIpc) is 2.10. The van der Waals surface area contributed by atoms with Crippen LogP contribution in [0.4, 0.5) is 8.78 Å². The molecule has 0 spiro atoms. The summed E-state index contributed by atoms with van der Waals surface area (Å²) in [4.78, 5) is 4.27. The molecule has 9 heavy (non-hydrogen) atoms. The Hall–Kier alpha value is -0.220. The lowest BCUT2D eigenvalue weighted by molar-refractivity contribution is -0.0192. The van der Waals surface area contributed by atoms with E-state index in [9.17, 15) is 8.78 Å². The normalized spacial score (nSPS) is 33.0. The van der Waals surface area contributed by atoms with Gasteiger partial charge in [-0.25, -0.2) is 14.7 Å². The van der Waals surface area contributed by atoms with Crippen molar-refractivity contribution >= 4 is 0 Å². The van der Waals surface area contributed by atoms with Gasteiger partial charge in [0.1, 0.15) is 0 Å².